The second kappa shape index (κ2) is 8.93. The van der Waals surface area contributed by atoms with Crippen molar-refractivity contribution in [1.82, 2.24) is 4.90 Å². The van der Waals surface area contributed by atoms with Gasteiger partial charge in [0.1, 0.15) is 0 Å². The van der Waals surface area contributed by atoms with E-state index in [0.29, 0.717) is 5.02 Å². The summed E-state index contributed by atoms with van der Waals surface area (Å²) in [6, 6.07) is 14.3. The fourth-order valence-electron chi connectivity index (χ4n) is 3.51. The van der Waals surface area contributed by atoms with Crippen LogP contribution in [0.3, 0.4) is 0 Å². The molecule has 29 heavy (non-hydrogen) atoms. The van der Waals surface area contributed by atoms with E-state index in [2.05, 4.69) is 56.3 Å². The number of benzene rings is 2. The van der Waals surface area contributed by atoms with Gasteiger partial charge in [0.15, 0.2) is 0 Å². The van der Waals surface area contributed by atoms with Crippen LogP contribution >= 0.6 is 24.0 Å². The number of likely N-dealkylation sites (tertiary alicyclic amines) is 1. The number of halogens is 2. The highest BCUT2D eigenvalue weighted by Crippen LogP contribution is 2.27. The Morgan fingerprint density at radius 3 is 2.41 bits per heavy atom. The summed E-state index contributed by atoms with van der Waals surface area (Å²) in [4.78, 5) is 13.6. The fourth-order valence-corrected chi connectivity index (χ4v) is 3.69. The standard InChI is InChI=1S/C21H25ClN6.ClH/c1-14-5-9-17(10-6-14)28-20(24-16-8-7-15(2)18(22)13-16)25-19(23)26-21(28)27-11-3-4-12-27;/h5-10,13,20,24H,3-4,11-12H2,1-2H3,(H2,23,25);1H. The van der Waals surface area contributed by atoms with Crippen LogP contribution in [-0.2, 0) is 0 Å². The number of nitrogens with zero attached hydrogens (tertiary/aromatic N) is 4. The van der Waals surface area contributed by atoms with Crippen LogP contribution in [-0.4, -0.2) is 36.2 Å². The van der Waals surface area contributed by atoms with E-state index in [1.807, 2.05) is 25.1 Å². The van der Waals surface area contributed by atoms with Crippen LogP contribution in [0.25, 0.3) is 0 Å². The predicted octanol–water partition coefficient (Wildman–Crippen LogP) is 4.36. The van der Waals surface area contributed by atoms with Gasteiger partial charge < -0.3 is 16.0 Å². The Morgan fingerprint density at radius 2 is 1.76 bits per heavy atom. The third-order valence-electron chi connectivity index (χ3n) is 5.10. The summed E-state index contributed by atoms with van der Waals surface area (Å²) in [6.45, 7) is 6.00. The molecule has 2 aromatic rings. The number of guanidine groups is 2. The molecule has 2 aliphatic heterocycles. The number of hydrogen-bond donors (Lipinski definition) is 2. The van der Waals surface area contributed by atoms with Crippen LogP contribution in [0.15, 0.2) is 52.4 Å². The van der Waals surface area contributed by atoms with Crippen molar-refractivity contribution in [2.45, 2.75) is 33.0 Å². The van der Waals surface area contributed by atoms with Gasteiger partial charge in [-0.25, -0.2) is 4.99 Å². The topological polar surface area (TPSA) is 69.2 Å². The molecule has 2 aliphatic rings. The Labute approximate surface area is 182 Å². The molecule has 2 aromatic carbocycles. The Bertz CT molecular complexity index is 919. The average Bonchev–Trinajstić information content (AvgIpc) is 3.20. The van der Waals surface area contributed by atoms with Crippen molar-refractivity contribution in [3.63, 3.8) is 0 Å². The van der Waals surface area contributed by atoms with Gasteiger partial charge in [-0.3, -0.25) is 4.90 Å². The van der Waals surface area contributed by atoms with E-state index in [1.165, 1.54) is 5.56 Å². The minimum atomic E-state index is -0.408. The van der Waals surface area contributed by atoms with Crippen LogP contribution in [0, 0.1) is 13.8 Å². The molecule has 0 aromatic heterocycles. The molecule has 1 unspecified atom stereocenters. The summed E-state index contributed by atoms with van der Waals surface area (Å²) in [6.07, 6.45) is 1.90. The lowest BCUT2D eigenvalue weighted by Gasteiger charge is -2.38. The van der Waals surface area contributed by atoms with Crippen molar-refractivity contribution in [1.29, 1.82) is 0 Å². The summed E-state index contributed by atoms with van der Waals surface area (Å²) < 4.78 is 0. The lowest BCUT2D eigenvalue weighted by Crippen LogP contribution is -2.54. The van der Waals surface area contributed by atoms with Gasteiger partial charge >= 0.3 is 0 Å². The van der Waals surface area contributed by atoms with Gasteiger partial charge in [0.2, 0.25) is 18.2 Å². The average molecular weight is 433 g/mol. The van der Waals surface area contributed by atoms with Crippen molar-refractivity contribution >= 4 is 47.3 Å². The summed E-state index contributed by atoms with van der Waals surface area (Å²) in [7, 11) is 0. The van der Waals surface area contributed by atoms with E-state index < -0.39 is 6.29 Å². The molecule has 6 nitrogen and oxygen atoms in total. The molecule has 8 heteroatoms. The van der Waals surface area contributed by atoms with Gasteiger partial charge in [-0.05, 0) is 56.5 Å². The Kier molecular flexibility index (Phi) is 6.55. The number of aryl methyl sites for hydroxylation is 2. The van der Waals surface area contributed by atoms with E-state index in [0.717, 1.165) is 48.8 Å². The first-order valence-electron chi connectivity index (χ1n) is 9.57. The summed E-state index contributed by atoms with van der Waals surface area (Å²) in [5.41, 5.74) is 10.2. The molecular weight excluding hydrogens is 407 g/mol. The molecule has 1 saturated heterocycles. The second-order valence-electron chi connectivity index (χ2n) is 7.28. The van der Waals surface area contributed by atoms with Crippen molar-refractivity contribution in [3.05, 3.63) is 58.6 Å². The molecule has 154 valence electrons. The zero-order valence-corrected chi connectivity index (χ0v) is 18.2. The van der Waals surface area contributed by atoms with Crippen LogP contribution < -0.4 is 16.0 Å². The first kappa shape index (κ1) is 21.3. The Morgan fingerprint density at radius 1 is 1.07 bits per heavy atom. The number of aliphatic imine (C=N–C) groups is 2. The van der Waals surface area contributed by atoms with Gasteiger partial charge in [0.25, 0.3) is 0 Å². The van der Waals surface area contributed by atoms with Gasteiger partial charge in [-0.1, -0.05) is 35.4 Å². The van der Waals surface area contributed by atoms with Gasteiger partial charge in [-0.2, -0.15) is 4.99 Å². The number of rotatable bonds is 3. The molecular formula is C21H26Cl2N6. The number of anilines is 2. The van der Waals surface area contributed by atoms with E-state index in [4.69, 9.17) is 17.3 Å². The zero-order valence-electron chi connectivity index (χ0n) is 16.6. The van der Waals surface area contributed by atoms with Crippen molar-refractivity contribution in [2.24, 2.45) is 15.7 Å². The Balaban J connectivity index is 0.00000240. The van der Waals surface area contributed by atoms with Gasteiger partial charge in [0.05, 0.1) is 0 Å². The fraction of sp³-hybridized carbons (Fsp3) is 0.333. The highest BCUT2D eigenvalue weighted by molar-refractivity contribution is 6.31. The van der Waals surface area contributed by atoms with E-state index in [-0.39, 0.29) is 18.4 Å². The molecule has 0 radical (unpaired) electrons. The predicted molar refractivity (Wildman–Crippen MR) is 124 cm³/mol. The van der Waals surface area contributed by atoms with Crippen LogP contribution in [0.2, 0.25) is 5.02 Å². The number of nitrogens with one attached hydrogen (secondary N) is 1. The third kappa shape index (κ3) is 4.60. The van der Waals surface area contributed by atoms with E-state index in [1.54, 1.807) is 0 Å². The lowest BCUT2D eigenvalue weighted by atomic mass is 10.2. The lowest BCUT2D eigenvalue weighted by molar-refractivity contribution is 0.497. The van der Waals surface area contributed by atoms with Crippen molar-refractivity contribution < 1.29 is 0 Å². The third-order valence-corrected chi connectivity index (χ3v) is 5.50. The highest BCUT2D eigenvalue weighted by atomic mass is 35.5. The van der Waals surface area contributed by atoms with Crippen LogP contribution in [0.5, 0.6) is 0 Å². The largest absolute Gasteiger partial charge is 0.368 e. The minimum absolute atomic E-state index is 0. The smallest absolute Gasteiger partial charge is 0.222 e. The molecule has 1 atom stereocenters. The summed E-state index contributed by atoms with van der Waals surface area (Å²) in [5.74, 6) is 1.12. The number of nitrogens with two attached hydrogens (primary N) is 1. The van der Waals surface area contributed by atoms with Gasteiger partial charge in [0, 0.05) is 29.5 Å². The molecule has 1 fully saturated rings. The molecule has 3 N–H and O–H groups in total. The zero-order chi connectivity index (χ0) is 19.7. The molecule has 0 spiro atoms. The number of hydrogen-bond acceptors (Lipinski definition) is 6. The van der Waals surface area contributed by atoms with Gasteiger partial charge in [-0.15, -0.1) is 12.4 Å². The summed E-state index contributed by atoms with van der Waals surface area (Å²) >= 11 is 6.32. The van der Waals surface area contributed by atoms with Crippen LogP contribution in [0.1, 0.15) is 24.0 Å². The van der Waals surface area contributed by atoms with Crippen LogP contribution in [0.4, 0.5) is 11.4 Å². The maximum Gasteiger partial charge on any atom is 0.222 e. The minimum Gasteiger partial charge on any atom is -0.368 e. The second-order valence-corrected chi connectivity index (χ2v) is 7.69. The SMILES string of the molecule is Cc1ccc(N2C(N3CCCC3)=NC(N)=NC2Nc2ccc(C)c(Cl)c2)cc1.Cl. The summed E-state index contributed by atoms with van der Waals surface area (Å²) in [5, 5.41) is 4.18. The first-order chi connectivity index (χ1) is 13.5. The monoisotopic (exact) mass is 432 g/mol. The molecule has 0 amide bonds. The maximum atomic E-state index is 6.32. The first-order valence-corrected chi connectivity index (χ1v) is 9.94. The molecule has 2 heterocycles. The molecule has 0 bridgehead atoms. The van der Waals surface area contributed by atoms with E-state index >= 15 is 0 Å². The van der Waals surface area contributed by atoms with E-state index in [9.17, 15) is 0 Å². The highest BCUT2D eigenvalue weighted by Gasteiger charge is 2.32. The molecule has 4 rings (SSSR count). The normalized spacial score (nSPS) is 18.8. The Hall–Kier alpha value is -2.44. The molecule has 0 saturated carbocycles. The maximum absolute atomic E-state index is 6.32. The molecule has 0 aliphatic carbocycles. The van der Waals surface area contributed by atoms with Crippen molar-refractivity contribution in [2.75, 3.05) is 23.3 Å². The van der Waals surface area contributed by atoms with Crippen molar-refractivity contribution in [3.8, 4) is 0 Å². The quantitative estimate of drug-likeness (QED) is 0.755.